The molecule has 3 aromatic heterocycles. The van der Waals surface area contributed by atoms with Gasteiger partial charge in [-0.05, 0) is 30.5 Å². The van der Waals surface area contributed by atoms with Gasteiger partial charge in [0.15, 0.2) is 0 Å². The number of aromatic nitrogens is 3. The first-order valence-electron chi connectivity index (χ1n) is 8.43. The van der Waals surface area contributed by atoms with E-state index in [2.05, 4.69) is 10.4 Å². The summed E-state index contributed by atoms with van der Waals surface area (Å²) in [5, 5.41) is 9.11. The first-order chi connectivity index (χ1) is 13.1. The number of benzene rings is 1. The normalized spacial score (nSPS) is 11.2. The van der Waals surface area contributed by atoms with Crippen LogP contribution >= 0.6 is 11.3 Å². The molecule has 8 heteroatoms. The number of aryl methyl sites for hydroxylation is 1. The molecular formula is C19H18N4O3S. The third-order valence-electron chi connectivity index (χ3n) is 4.43. The molecule has 4 aromatic rings. The third-order valence-corrected chi connectivity index (χ3v) is 5.28. The van der Waals surface area contributed by atoms with Gasteiger partial charge in [0, 0.05) is 12.1 Å². The molecule has 0 fully saturated rings. The van der Waals surface area contributed by atoms with E-state index in [0.29, 0.717) is 23.6 Å². The molecule has 0 spiro atoms. The molecule has 0 atom stereocenters. The zero-order valence-electron chi connectivity index (χ0n) is 14.9. The second-order valence-corrected chi connectivity index (χ2v) is 7.08. The fraction of sp³-hybridized carbons (Fsp3) is 0.211. The Kier molecular flexibility index (Phi) is 4.41. The Morgan fingerprint density at radius 2 is 2.07 bits per heavy atom. The van der Waals surface area contributed by atoms with Gasteiger partial charge in [-0.15, -0.1) is 11.3 Å². The lowest BCUT2D eigenvalue weighted by Gasteiger charge is -2.11. The minimum atomic E-state index is -0.285. The number of nitrogens with zero attached hydrogens (tertiary/aromatic N) is 3. The molecule has 4 rings (SSSR count). The van der Waals surface area contributed by atoms with E-state index in [4.69, 9.17) is 4.74 Å². The van der Waals surface area contributed by atoms with Gasteiger partial charge in [-0.25, -0.2) is 4.68 Å². The van der Waals surface area contributed by atoms with E-state index < -0.39 is 0 Å². The number of para-hydroxylation sites is 1. The van der Waals surface area contributed by atoms with Crippen molar-refractivity contribution in [2.45, 2.75) is 20.0 Å². The number of carbonyl (C=O) groups excluding carboxylic acids is 1. The molecule has 1 amide bonds. The summed E-state index contributed by atoms with van der Waals surface area (Å²) < 4.78 is 9.35. The van der Waals surface area contributed by atoms with Gasteiger partial charge < -0.3 is 10.1 Å². The minimum absolute atomic E-state index is 0.135. The Bertz CT molecular complexity index is 1200. The molecular weight excluding hydrogens is 364 g/mol. The van der Waals surface area contributed by atoms with Crippen molar-refractivity contribution in [1.29, 1.82) is 0 Å². The molecule has 1 aromatic carbocycles. The summed E-state index contributed by atoms with van der Waals surface area (Å²) in [6, 6.07) is 11.3. The van der Waals surface area contributed by atoms with Crippen LogP contribution in [0.25, 0.3) is 15.7 Å². The quantitative estimate of drug-likeness (QED) is 0.575. The van der Waals surface area contributed by atoms with Crippen LogP contribution < -0.4 is 15.6 Å². The van der Waals surface area contributed by atoms with E-state index in [-0.39, 0.29) is 18.0 Å². The van der Waals surface area contributed by atoms with Gasteiger partial charge in [-0.1, -0.05) is 18.2 Å². The molecule has 0 aliphatic carbocycles. The van der Waals surface area contributed by atoms with Gasteiger partial charge in [-0.2, -0.15) is 5.10 Å². The largest absolute Gasteiger partial charge is 0.496 e. The number of ether oxygens (including phenoxy) is 1. The fourth-order valence-electron chi connectivity index (χ4n) is 3.17. The lowest BCUT2D eigenvalue weighted by atomic mass is 10.2. The summed E-state index contributed by atoms with van der Waals surface area (Å²) in [6.45, 7) is 2.01. The molecule has 0 aliphatic rings. The van der Waals surface area contributed by atoms with Gasteiger partial charge >= 0.3 is 0 Å². The maximum absolute atomic E-state index is 12.7. The van der Waals surface area contributed by atoms with E-state index in [1.807, 2.05) is 53.1 Å². The molecule has 27 heavy (non-hydrogen) atoms. The summed E-state index contributed by atoms with van der Waals surface area (Å²) in [7, 11) is 1.59. The maximum atomic E-state index is 12.7. The molecule has 7 nitrogen and oxygen atoms in total. The first kappa shape index (κ1) is 17.3. The summed E-state index contributed by atoms with van der Waals surface area (Å²) >= 11 is 1.57. The number of carbonyl (C=O) groups is 1. The molecule has 0 saturated carbocycles. The molecule has 0 unspecified atom stereocenters. The fourth-order valence-corrected chi connectivity index (χ4v) is 3.97. The lowest BCUT2D eigenvalue weighted by molar-refractivity contribution is -0.122. The van der Waals surface area contributed by atoms with Crippen LogP contribution in [0.15, 0.2) is 46.6 Å². The highest BCUT2D eigenvalue weighted by Gasteiger charge is 2.15. The SMILES string of the molecule is COc1ccccc1CNC(=O)Cn1nc(C)n2c(cc3sccc32)c1=O. The summed E-state index contributed by atoms with van der Waals surface area (Å²) in [5.41, 5.74) is 2.08. The van der Waals surface area contributed by atoms with Crippen LogP contribution in [0.3, 0.4) is 0 Å². The molecule has 138 valence electrons. The first-order valence-corrected chi connectivity index (χ1v) is 9.31. The van der Waals surface area contributed by atoms with E-state index in [0.717, 1.165) is 15.8 Å². The number of hydrogen-bond acceptors (Lipinski definition) is 5. The average Bonchev–Trinajstić information content (AvgIpc) is 3.25. The van der Waals surface area contributed by atoms with Crippen LogP contribution in [0.2, 0.25) is 0 Å². The van der Waals surface area contributed by atoms with Gasteiger partial charge in [0.1, 0.15) is 23.6 Å². The van der Waals surface area contributed by atoms with Gasteiger partial charge in [-0.3, -0.25) is 14.0 Å². The highest BCUT2D eigenvalue weighted by atomic mass is 32.1. The highest BCUT2D eigenvalue weighted by molar-refractivity contribution is 7.17. The topological polar surface area (TPSA) is 77.6 Å². The van der Waals surface area contributed by atoms with Crippen LogP contribution in [-0.4, -0.2) is 27.2 Å². The highest BCUT2D eigenvalue weighted by Crippen LogP contribution is 2.24. The zero-order valence-corrected chi connectivity index (χ0v) is 15.7. The van der Waals surface area contributed by atoms with Crippen LogP contribution in [0, 0.1) is 6.92 Å². The van der Waals surface area contributed by atoms with Gasteiger partial charge in [0.05, 0.1) is 17.3 Å². The summed E-state index contributed by atoms with van der Waals surface area (Å²) in [6.07, 6.45) is 0. The zero-order chi connectivity index (χ0) is 19.0. The van der Waals surface area contributed by atoms with Crippen LogP contribution in [0.5, 0.6) is 5.75 Å². The van der Waals surface area contributed by atoms with Crippen molar-refractivity contribution in [3.05, 3.63) is 63.5 Å². The monoisotopic (exact) mass is 382 g/mol. The van der Waals surface area contributed by atoms with Crippen molar-refractivity contribution < 1.29 is 9.53 Å². The lowest BCUT2D eigenvalue weighted by Crippen LogP contribution is -2.34. The van der Waals surface area contributed by atoms with Crippen molar-refractivity contribution in [3.63, 3.8) is 0 Å². The van der Waals surface area contributed by atoms with Crippen molar-refractivity contribution in [2.24, 2.45) is 0 Å². The summed E-state index contributed by atoms with van der Waals surface area (Å²) in [4.78, 5) is 25.1. The average molecular weight is 382 g/mol. The maximum Gasteiger partial charge on any atom is 0.291 e. The molecule has 3 heterocycles. The molecule has 1 N–H and O–H groups in total. The van der Waals surface area contributed by atoms with Crippen LogP contribution in [0.1, 0.15) is 11.4 Å². The number of fused-ring (bicyclic) bond motifs is 3. The second kappa shape index (κ2) is 6.88. The van der Waals surface area contributed by atoms with Gasteiger partial charge in [0.2, 0.25) is 5.91 Å². The Morgan fingerprint density at radius 1 is 1.26 bits per heavy atom. The van der Waals surface area contributed by atoms with Crippen molar-refractivity contribution in [1.82, 2.24) is 19.5 Å². The predicted octanol–water partition coefficient (Wildman–Crippen LogP) is 2.34. The Labute approximate surface area is 158 Å². The number of amides is 1. The summed E-state index contributed by atoms with van der Waals surface area (Å²) in [5.74, 6) is 1.08. The Morgan fingerprint density at radius 3 is 2.89 bits per heavy atom. The molecule has 0 radical (unpaired) electrons. The van der Waals surface area contributed by atoms with E-state index >= 15 is 0 Å². The van der Waals surface area contributed by atoms with Crippen molar-refractivity contribution in [2.75, 3.05) is 7.11 Å². The van der Waals surface area contributed by atoms with E-state index in [1.165, 1.54) is 4.68 Å². The molecule has 0 bridgehead atoms. The third kappa shape index (κ3) is 3.08. The van der Waals surface area contributed by atoms with Crippen molar-refractivity contribution >= 4 is 33.0 Å². The smallest absolute Gasteiger partial charge is 0.291 e. The van der Waals surface area contributed by atoms with Gasteiger partial charge in [0.25, 0.3) is 5.56 Å². The van der Waals surface area contributed by atoms with Crippen molar-refractivity contribution in [3.8, 4) is 5.75 Å². The number of nitrogens with one attached hydrogen (secondary N) is 1. The second-order valence-electron chi connectivity index (χ2n) is 6.13. The van der Waals surface area contributed by atoms with E-state index in [9.17, 15) is 9.59 Å². The number of thiophene rings is 1. The number of rotatable bonds is 5. The Hall–Kier alpha value is -3.13. The number of hydrogen-bond donors (Lipinski definition) is 1. The van der Waals surface area contributed by atoms with Crippen LogP contribution in [0.4, 0.5) is 0 Å². The Balaban J connectivity index is 1.57. The molecule has 0 aliphatic heterocycles. The predicted molar refractivity (Wildman–Crippen MR) is 104 cm³/mol. The van der Waals surface area contributed by atoms with E-state index in [1.54, 1.807) is 18.4 Å². The molecule has 0 saturated heterocycles. The number of methoxy groups -OCH3 is 1. The standard InChI is InChI=1S/C19H18N4O3S/c1-12-21-22(19(25)15-9-17-14(23(12)15)7-8-27-17)11-18(24)20-10-13-5-3-4-6-16(13)26-2/h3-9H,10-11H2,1-2H3,(H,20,24). The van der Waals surface area contributed by atoms with Crippen LogP contribution in [-0.2, 0) is 17.9 Å². The minimum Gasteiger partial charge on any atom is -0.496 e.